The molecule has 2 rings (SSSR count). The van der Waals surface area contributed by atoms with E-state index in [1.807, 2.05) is 0 Å². The van der Waals surface area contributed by atoms with Crippen molar-refractivity contribution >= 4 is 23.4 Å². The van der Waals surface area contributed by atoms with Crippen LogP contribution >= 0.6 is 11.6 Å². The molecule has 5 nitrogen and oxygen atoms in total. The predicted octanol–water partition coefficient (Wildman–Crippen LogP) is 1.57. The fourth-order valence-electron chi connectivity index (χ4n) is 2.44. The average molecular weight is 324 g/mol. The number of carbonyl (C=O) groups is 2. The molecule has 0 saturated carbocycles. The van der Waals surface area contributed by atoms with Gasteiger partial charge < -0.3 is 16.0 Å². The third kappa shape index (κ3) is 5.00. The molecule has 0 radical (unpaired) electrons. The number of halogens is 1. The zero-order valence-electron chi connectivity index (χ0n) is 12.7. The lowest BCUT2D eigenvalue weighted by atomic mass is 10.00. The molecule has 1 heterocycles. The smallest absolute Gasteiger partial charge is 0.251 e. The summed E-state index contributed by atoms with van der Waals surface area (Å²) in [5.41, 5.74) is 0.487. The molecular formula is C16H22ClN3O2. The molecule has 22 heavy (non-hydrogen) atoms. The fourth-order valence-corrected chi connectivity index (χ4v) is 2.57. The van der Waals surface area contributed by atoms with E-state index >= 15 is 0 Å². The molecule has 0 aromatic heterocycles. The molecule has 1 aliphatic heterocycles. The molecule has 2 unspecified atom stereocenters. The Kier molecular flexibility index (Phi) is 6.21. The average Bonchev–Trinajstić information content (AvgIpc) is 2.54. The van der Waals surface area contributed by atoms with E-state index in [9.17, 15) is 9.59 Å². The van der Waals surface area contributed by atoms with Gasteiger partial charge in [0.2, 0.25) is 5.91 Å². The highest BCUT2D eigenvalue weighted by Crippen LogP contribution is 2.10. The molecule has 0 aliphatic carbocycles. The quantitative estimate of drug-likeness (QED) is 0.770. The van der Waals surface area contributed by atoms with Crippen LogP contribution in [0, 0.1) is 5.92 Å². The van der Waals surface area contributed by atoms with E-state index in [2.05, 4.69) is 16.0 Å². The minimum absolute atomic E-state index is 0.159. The Labute approximate surface area is 135 Å². The first kappa shape index (κ1) is 16.8. The van der Waals surface area contributed by atoms with Crippen LogP contribution in [0.1, 0.15) is 30.1 Å². The second-order valence-electron chi connectivity index (χ2n) is 5.66. The standard InChI is InChI=1S/C16H22ClN3O2/c1-11(15(21)19-10-12-3-2-8-18-9-12)20-16(22)13-4-6-14(17)7-5-13/h4-7,11-12,18H,2-3,8-10H2,1H3,(H,19,21)(H,20,22). The first-order chi connectivity index (χ1) is 10.6. The minimum atomic E-state index is -0.570. The molecule has 1 aliphatic rings. The van der Waals surface area contributed by atoms with Gasteiger partial charge in [0.15, 0.2) is 0 Å². The van der Waals surface area contributed by atoms with E-state index in [1.165, 1.54) is 0 Å². The lowest BCUT2D eigenvalue weighted by molar-refractivity contribution is -0.122. The van der Waals surface area contributed by atoms with Gasteiger partial charge in [-0.15, -0.1) is 0 Å². The number of piperidine rings is 1. The van der Waals surface area contributed by atoms with Crippen molar-refractivity contribution in [3.63, 3.8) is 0 Å². The molecule has 0 bridgehead atoms. The van der Waals surface area contributed by atoms with Crippen LogP contribution < -0.4 is 16.0 Å². The summed E-state index contributed by atoms with van der Waals surface area (Å²) in [5.74, 6) is 0.0309. The number of hydrogen-bond donors (Lipinski definition) is 3. The van der Waals surface area contributed by atoms with Crippen LogP contribution in [0.5, 0.6) is 0 Å². The van der Waals surface area contributed by atoms with Crippen molar-refractivity contribution in [3.8, 4) is 0 Å². The van der Waals surface area contributed by atoms with Gasteiger partial charge in [0.1, 0.15) is 6.04 Å². The molecule has 120 valence electrons. The molecule has 2 atom stereocenters. The molecule has 3 N–H and O–H groups in total. The molecule has 2 amide bonds. The normalized spacial score (nSPS) is 19.3. The summed E-state index contributed by atoms with van der Waals surface area (Å²) < 4.78 is 0. The van der Waals surface area contributed by atoms with Crippen LogP contribution in [-0.2, 0) is 4.79 Å². The van der Waals surface area contributed by atoms with E-state index in [-0.39, 0.29) is 11.8 Å². The Bertz CT molecular complexity index is 513. The second-order valence-corrected chi connectivity index (χ2v) is 6.10. The zero-order valence-corrected chi connectivity index (χ0v) is 13.5. The summed E-state index contributed by atoms with van der Waals surface area (Å²) in [5, 5.41) is 9.48. The van der Waals surface area contributed by atoms with Crippen LogP contribution in [0.3, 0.4) is 0 Å². The van der Waals surface area contributed by atoms with Crippen molar-refractivity contribution in [2.24, 2.45) is 5.92 Å². The number of amides is 2. The van der Waals surface area contributed by atoms with Gasteiger partial charge in [0.05, 0.1) is 0 Å². The molecular weight excluding hydrogens is 302 g/mol. The predicted molar refractivity (Wildman–Crippen MR) is 87.0 cm³/mol. The summed E-state index contributed by atoms with van der Waals surface area (Å²) in [6, 6.07) is 6.00. The Morgan fingerprint density at radius 1 is 1.36 bits per heavy atom. The lowest BCUT2D eigenvalue weighted by Gasteiger charge is -2.23. The number of carbonyl (C=O) groups excluding carboxylic acids is 2. The second kappa shape index (κ2) is 8.15. The van der Waals surface area contributed by atoms with Crippen LogP contribution in [0.25, 0.3) is 0 Å². The van der Waals surface area contributed by atoms with Gasteiger partial charge in [-0.05, 0) is 63.0 Å². The van der Waals surface area contributed by atoms with Gasteiger partial charge >= 0.3 is 0 Å². The minimum Gasteiger partial charge on any atom is -0.354 e. The summed E-state index contributed by atoms with van der Waals surface area (Å²) >= 11 is 5.79. The lowest BCUT2D eigenvalue weighted by Crippen LogP contribution is -2.47. The molecule has 1 aromatic rings. The monoisotopic (exact) mass is 323 g/mol. The first-order valence-electron chi connectivity index (χ1n) is 7.61. The van der Waals surface area contributed by atoms with E-state index < -0.39 is 6.04 Å². The van der Waals surface area contributed by atoms with E-state index in [1.54, 1.807) is 31.2 Å². The van der Waals surface area contributed by atoms with Gasteiger partial charge in [-0.3, -0.25) is 9.59 Å². The van der Waals surface area contributed by atoms with E-state index in [4.69, 9.17) is 11.6 Å². The fraction of sp³-hybridized carbons (Fsp3) is 0.500. The molecule has 1 aromatic carbocycles. The number of nitrogens with one attached hydrogen (secondary N) is 3. The highest BCUT2D eigenvalue weighted by atomic mass is 35.5. The Morgan fingerprint density at radius 2 is 2.09 bits per heavy atom. The zero-order chi connectivity index (χ0) is 15.9. The van der Waals surface area contributed by atoms with Crippen LogP contribution in [0.2, 0.25) is 5.02 Å². The van der Waals surface area contributed by atoms with Gasteiger partial charge in [-0.2, -0.15) is 0 Å². The maximum absolute atomic E-state index is 12.0. The van der Waals surface area contributed by atoms with Crippen molar-refractivity contribution < 1.29 is 9.59 Å². The third-order valence-electron chi connectivity index (χ3n) is 3.81. The van der Waals surface area contributed by atoms with Gasteiger partial charge in [-0.1, -0.05) is 11.6 Å². The van der Waals surface area contributed by atoms with Gasteiger partial charge in [0.25, 0.3) is 5.91 Å². The van der Waals surface area contributed by atoms with E-state index in [0.29, 0.717) is 23.0 Å². The molecule has 0 spiro atoms. The van der Waals surface area contributed by atoms with Gasteiger partial charge in [-0.25, -0.2) is 0 Å². The summed E-state index contributed by atoms with van der Waals surface area (Å²) in [4.78, 5) is 24.1. The molecule has 6 heteroatoms. The number of benzene rings is 1. The summed E-state index contributed by atoms with van der Waals surface area (Å²) in [6.45, 7) is 4.32. The van der Waals surface area contributed by atoms with Crippen molar-refractivity contribution in [3.05, 3.63) is 34.9 Å². The highest BCUT2D eigenvalue weighted by Gasteiger charge is 2.19. The van der Waals surface area contributed by atoms with Crippen LogP contribution in [0.4, 0.5) is 0 Å². The Morgan fingerprint density at radius 3 is 2.73 bits per heavy atom. The number of rotatable bonds is 5. The van der Waals surface area contributed by atoms with Crippen LogP contribution in [-0.4, -0.2) is 37.5 Å². The largest absolute Gasteiger partial charge is 0.354 e. The maximum atomic E-state index is 12.0. The topological polar surface area (TPSA) is 70.2 Å². The third-order valence-corrected chi connectivity index (χ3v) is 4.06. The van der Waals surface area contributed by atoms with Crippen molar-refractivity contribution in [2.45, 2.75) is 25.8 Å². The van der Waals surface area contributed by atoms with Gasteiger partial charge in [0, 0.05) is 17.1 Å². The first-order valence-corrected chi connectivity index (χ1v) is 7.99. The maximum Gasteiger partial charge on any atom is 0.251 e. The Balaban J connectivity index is 1.77. The highest BCUT2D eigenvalue weighted by molar-refractivity contribution is 6.30. The molecule has 1 fully saturated rings. The Hall–Kier alpha value is -1.59. The number of hydrogen-bond acceptors (Lipinski definition) is 3. The van der Waals surface area contributed by atoms with E-state index in [0.717, 1.165) is 25.9 Å². The van der Waals surface area contributed by atoms with Crippen molar-refractivity contribution in [2.75, 3.05) is 19.6 Å². The molecule has 1 saturated heterocycles. The van der Waals surface area contributed by atoms with Crippen LogP contribution in [0.15, 0.2) is 24.3 Å². The van der Waals surface area contributed by atoms with Crippen molar-refractivity contribution in [1.82, 2.24) is 16.0 Å². The summed E-state index contributed by atoms with van der Waals surface area (Å²) in [6.07, 6.45) is 2.27. The van der Waals surface area contributed by atoms with Crippen molar-refractivity contribution in [1.29, 1.82) is 0 Å². The SMILES string of the molecule is CC(NC(=O)c1ccc(Cl)cc1)C(=O)NCC1CCCNC1. The summed E-state index contributed by atoms with van der Waals surface area (Å²) in [7, 11) is 0.